The van der Waals surface area contributed by atoms with E-state index in [1.54, 1.807) is 6.07 Å². The van der Waals surface area contributed by atoms with Crippen molar-refractivity contribution in [2.24, 2.45) is 0 Å². The summed E-state index contributed by atoms with van der Waals surface area (Å²) in [6, 6.07) is 18.8. The lowest BCUT2D eigenvalue weighted by atomic mass is 9.81. The number of aromatic hydroxyl groups is 1. The molecular weight excluding hydrogens is 306 g/mol. The molecule has 1 aliphatic rings. The standard InChI is InChI=1S/C23H23NO/c1-5-24-15(2)23(3,4)21-14-19(9-11-22(21)24)16-6-7-18-13-20(25)10-8-17(18)12-16/h6-14H,5H2,1-4H3/p+1. The molecule has 0 aromatic heterocycles. The van der Waals surface area contributed by atoms with E-state index >= 15 is 0 Å². The van der Waals surface area contributed by atoms with E-state index in [0.717, 1.165) is 17.3 Å². The van der Waals surface area contributed by atoms with E-state index in [-0.39, 0.29) is 5.41 Å². The van der Waals surface area contributed by atoms with Crippen molar-refractivity contribution < 1.29 is 9.68 Å². The summed E-state index contributed by atoms with van der Waals surface area (Å²) >= 11 is 0. The second kappa shape index (κ2) is 5.45. The first-order chi connectivity index (χ1) is 11.9. The Balaban J connectivity index is 1.85. The van der Waals surface area contributed by atoms with Gasteiger partial charge in [-0.3, -0.25) is 0 Å². The number of nitrogens with zero attached hydrogens (tertiary/aromatic N) is 1. The van der Waals surface area contributed by atoms with Crippen LogP contribution >= 0.6 is 0 Å². The second-order valence-corrected chi connectivity index (χ2v) is 7.43. The molecule has 0 aliphatic carbocycles. The Morgan fingerprint density at radius 3 is 2.28 bits per heavy atom. The molecule has 0 spiro atoms. The zero-order valence-electron chi connectivity index (χ0n) is 15.3. The summed E-state index contributed by atoms with van der Waals surface area (Å²) in [5.74, 6) is 0.310. The highest BCUT2D eigenvalue weighted by atomic mass is 16.3. The van der Waals surface area contributed by atoms with Gasteiger partial charge in [0.15, 0.2) is 5.71 Å². The summed E-state index contributed by atoms with van der Waals surface area (Å²) in [4.78, 5) is 0. The maximum Gasteiger partial charge on any atom is 0.209 e. The molecule has 0 amide bonds. The van der Waals surface area contributed by atoms with Crippen LogP contribution in [0.5, 0.6) is 5.75 Å². The first-order valence-electron chi connectivity index (χ1n) is 8.91. The number of hydrogen-bond acceptors (Lipinski definition) is 1. The Bertz CT molecular complexity index is 1030. The lowest BCUT2D eigenvalue weighted by molar-refractivity contribution is -0.434. The average molecular weight is 330 g/mol. The average Bonchev–Trinajstić information content (AvgIpc) is 2.80. The summed E-state index contributed by atoms with van der Waals surface area (Å²) in [5, 5.41) is 11.9. The van der Waals surface area contributed by atoms with Crippen LogP contribution in [0.2, 0.25) is 0 Å². The van der Waals surface area contributed by atoms with Gasteiger partial charge in [-0.05, 0) is 73.0 Å². The number of hydrogen-bond donors (Lipinski definition) is 1. The van der Waals surface area contributed by atoms with Gasteiger partial charge in [0.25, 0.3) is 0 Å². The Hall–Kier alpha value is -2.61. The van der Waals surface area contributed by atoms with E-state index < -0.39 is 0 Å². The fourth-order valence-electron chi connectivity index (χ4n) is 3.98. The lowest BCUT2D eigenvalue weighted by Crippen LogP contribution is -2.26. The molecule has 0 atom stereocenters. The highest BCUT2D eigenvalue weighted by Gasteiger charge is 2.42. The normalized spacial score (nSPS) is 15.7. The highest BCUT2D eigenvalue weighted by molar-refractivity contribution is 5.94. The van der Waals surface area contributed by atoms with E-state index in [0.29, 0.717) is 5.75 Å². The van der Waals surface area contributed by atoms with Gasteiger partial charge in [-0.25, -0.2) is 0 Å². The van der Waals surface area contributed by atoms with Crippen LogP contribution in [0, 0.1) is 0 Å². The molecular formula is C23H24NO+. The lowest BCUT2D eigenvalue weighted by Gasteiger charge is -2.16. The van der Waals surface area contributed by atoms with Gasteiger partial charge >= 0.3 is 0 Å². The predicted molar refractivity (Wildman–Crippen MR) is 105 cm³/mol. The summed E-state index contributed by atoms with van der Waals surface area (Å²) in [7, 11) is 0. The summed E-state index contributed by atoms with van der Waals surface area (Å²) in [6.45, 7) is 10.1. The third kappa shape index (κ3) is 2.36. The van der Waals surface area contributed by atoms with E-state index in [4.69, 9.17) is 0 Å². The molecule has 0 unspecified atom stereocenters. The van der Waals surface area contributed by atoms with Gasteiger partial charge in [0.05, 0.1) is 5.41 Å². The number of rotatable bonds is 2. The number of phenolic OH excluding ortho intramolecular Hbond substituents is 1. The minimum atomic E-state index is 0.0595. The molecule has 126 valence electrons. The van der Waals surface area contributed by atoms with Crippen molar-refractivity contribution in [2.45, 2.75) is 33.1 Å². The minimum Gasteiger partial charge on any atom is -0.508 e. The zero-order chi connectivity index (χ0) is 17.8. The van der Waals surface area contributed by atoms with Crippen molar-refractivity contribution in [3.8, 4) is 16.9 Å². The molecule has 0 saturated heterocycles. The van der Waals surface area contributed by atoms with Gasteiger partial charge < -0.3 is 5.11 Å². The van der Waals surface area contributed by atoms with Crippen LogP contribution in [0.3, 0.4) is 0 Å². The van der Waals surface area contributed by atoms with Crippen LogP contribution in [-0.4, -0.2) is 21.9 Å². The fraction of sp³-hybridized carbons (Fsp3) is 0.261. The Morgan fingerprint density at radius 1 is 0.880 bits per heavy atom. The van der Waals surface area contributed by atoms with Crippen molar-refractivity contribution >= 4 is 22.2 Å². The maximum atomic E-state index is 9.65. The molecule has 1 N–H and O–H groups in total. The smallest absolute Gasteiger partial charge is 0.209 e. The molecule has 0 radical (unpaired) electrons. The van der Waals surface area contributed by atoms with Crippen molar-refractivity contribution in [3.63, 3.8) is 0 Å². The Morgan fingerprint density at radius 2 is 1.52 bits per heavy atom. The van der Waals surface area contributed by atoms with E-state index in [2.05, 4.69) is 68.7 Å². The van der Waals surface area contributed by atoms with Gasteiger partial charge in [-0.2, -0.15) is 4.58 Å². The SMILES string of the molecule is CC[N+]1=C(C)C(C)(C)c2cc(-c3ccc4cc(O)ccc4c3)ccc21. The van der Waals surface area contributed by atoms with E-state index in [1.807, 2.05) is 12.1 Å². The third-order valence-electron chi connectivity index (χ3n) is 5.74. The van der Waals surface area contributed by atoms with Gasteiger partial charge in [0.2, 0.25) is 5.69 Å². The molecule has 1 heterocycles. The highest BCUT2D eigenvalue weighted by Crippen LogP contribution is 2.41. The molecule has 3 aromatic carbocycles. The predicted octanol–water partition coefficient (Wildman–Crippen LogP) is 5.63. The molecule has 2 heteroatoms. The van der Waals surface area contributed by atoms with E-state index in [1.165, 1.54) is 28.1 Å². The Kier molecular flexibility index (Phi) is 3.47. The molecule has 0 fully saturated rings. The molecule has 25 heavy (non-hydrogen) atoms. The zero-order valence-corrected chi connectivity index (χ0v) is 15.3. The van der Waals surface area contributed by atoms with Gasteiger partial charge in [0, 0.05) is 18.6 Å². The molecule has 1 aliphatic heterocycles. The quantitative estimate of drug-likeness (QED) is 0.605. The molecule has 0 saturated carbocycles. The van der Waals surface area contributed by atoms with Crippen LogP contribution < -0.4 is 0 Å². The maximum absolute atomic E-state index is 9.65. The van der Waals surface area contributed by atoms with Gasteiger partial charge in [-0.15, -0.1) is 0 Å². The van der Waals surface area contributed by atoms with Crippen LogP contribution in [-0.2, 0) is 5.41 Å². The van der Waals surface area contributed by atoms with E-state index in [9.17, 15) is 5.11 Å². The fourth-order valence-corrected chi connectivity index (χ4v) is 3.98. The van der Waals surface area contributed by atoms with Crippen LogP contribution in [0.4, 0.5) is 5.69 Å². The molecule has 3 aromatic rings. The number of fused-ring (bicyclic) bond motifs is 2. The van der Waals surface area contributed by atoms with Crippen molar-refractivity contribution in [1.82, 2.24) is 0 Å². The largest absolute Gasteiger partial charge is 0.508 e. The number of benzene rings is 3. The molecule has 2 nitrogen and oxygen atoms in total. The van der Waals surface area contributed by atoms with Gasteiger partial charge in [0.1, 0.15) is 12.3 Å². The topological polar surface area (TPSA) is 23.2 Å². The number of phenols is 1. The summed E-state index contributed by atoms with van der Waals surface area (Å²) in [5.41, 5.74) is 6.66. The van der Waals surface area contributed by atoms with Crippen LogP contribution in [0.15, 0.2) is 54.6 Å². The summed E-state index contributed by atoms with van der Waals surface area (Å²) < 4.78 is 2.42. The van der Waals surface area contributed by atoms with Crippen molar-refractivity contribution in [1.29, 1.82) is 0 Å². The molecule has 4 rings (SSSR count). The first kappa shape index (κ1) is 15.9. The van der Waals surface area contributed by atoms with Crippen LogP contribution in [0.25, 0.3) is 21.9 Å². The second-order valence-electron chi connectivity index (χ2n) is 7.43. The van der Waals surface area contributed by atoms with Crippen molar-refractivity contribution in [3.05, 3.63) is 60.2 Å². The third-order valence-corrected chi connectivity index (χ3v) is 5.74. The van der Waals surface area contributed by atoms with Crippen LogP contribution in [0.1, 0.15) is 33.3 Å². The van der Waals surface area contributed by atoms with Gasteiger partial charge in [-0.1, -0.05) is 18.2 Å². The monoisotopic (exact) mass is 330 g/mol. The molecule has 0 bridgehead atoms. The Labute approximate surface area is 149 Å². The van der Waals surface area contributed by atoms with Crippen molar-refractivity contribution in [2.75, 3.05) is 6.54 Å². The first-order valence-corrected chi connectivity index (χ1v) is 8.91. The minimum absolute atomic E-state index is 0.0595. The summed E-state index contributed by atoms with van der Waals surface area (Å²) in [6.07, 6.45) is 0.